The summed E-state index contributed by atoms with van der Waals surface area (Å²) in [4.78, 5) is 0. The molecule has 0 amide bonds. The average molecular weight is 385 g/mol. The number of aryl methyl sites for hydroxylation is 1. The van der Waals surface area contributed by atoms with Crippen LogP contribution in [0.4, 0.5) is 8.78 Å². The summed E-state index contributed by atoms with van der Waals surface area (Å²) in [6.07, 6.45) is 4.17. The first kappa shape index (κ1) is 20.3. The average Bonchev–Trinajstić information content (AvgIpc) is 2.73. The van der Waals surface area contributed by atoms with Gasteiger partial charge in [0.05, 0.1) is 17.2 Å². The zero-order chi connectivity index (χ0) is 20.6. The van der Waals surface area contributed by atoms with Gasteiger partial charge in [-0.15, -0.1) is 0 Å². The largest absolute Gasteiger partial charge is 0.206 e. The molecule has 29 heavy (non-hydrogen) atoms. The molecule has 0 bridgehead atoms. The maximum atomic E-state index is 14.5. The number of nitrogens with zero attached hydrogens (tertiary/aromatic N) is 1. The van der Waals surface area contributed by atoms with Crippen molar-refractivity contribution in [2.24, 2.45) is 0 Å². The van der Waals surface area contributed by atoms with Gasteiger partial charge in [-0.05, 0) is 60.4 Å². The van der Waals surface area contributed by atoms with Gasteiger partial charge in [-0.2, -0.15) is 5.26 Å². The van der Waals surface area contributed by atoms with Crippen LogP contribution in [0.25, 0.3) is 11.1 Å². The standard InChI is InChI=1S/C26H21F2N/c1-2-3-4-5-19-6-13-23(25(27)16-19)14-7-20-10-15-24(26(28)17-20)22-11-8-21(18-29)9-12-22/h6,8-13,15-17H,2-5H2,1H3. The van der Waals surface area contributed by atoms with E-state index in [-0.39, 0.29) is 5.82 Å². The molecule has 0 atom stereocenters. The van der Waals surface area contributed by atoms with Crippen LogP contribution in [-0.4, -0.2) is 0 Å². The number of nitriles is 1. The topological polar surface area (TPSA) is 23.8 Å². The fraction of sp³-hybridized carbons (Fsp3) is 0.192. The van der Waals surface area contributed by atoms with Gasteiger partial charge in [-0.3, -0.25) is 0 Å². The van der Waals surface area contributed by atoms with Gasteiger partial charge < -0.3 is 0 Å². The monoisotopic (exact) mass is 385 g/mol. The number of benzene rings is 3. The van der Waals surface area contributed by atoms with Crippen molar-refractivity contribution in [3.05, 3.63) is 94.6 Å². The summed E-state index contributed by atoms with van der Waals surface area (Å²) in [5.74, 6) is 4.88. The van der Waals surface area contributed by atoms with Crippen molar-refractivity contribution in [3.63, 3.8) is 0 Å². The van der Waals surface area contributed by atoms with E-state index >= 15 is 0 Å². The zero-order valence-electron chi connectivity index (χ0n) is 16.3. The summed E-state index contributed by atoms with van der Waals surface area (Å²) in [6, 6.07) is 18.6. The van der Waals surface area contributed by atoms with E-state index in [1.54, 1.807) is 42.5 Å². The van der Waals surface area contributed by atoms with Gasteiger partial charge in [0.1, 0.15) is 11.6 Å². The summed E-state index contributed by atoms with van der Waals surface area (Å²) in [5, 5.41) is 8.86. The molecule has 3 aromatic rings. The molecule has 0 saturated carbocycles. The molecule has 0 fully saturated rings. The predicted molar refractivity (Wildman–Crippen MR) is 112 cm³/mol. The van der Waals surface area contributed by atoms with Gasteiger partial charge >= 0.3 is 0 Å². The normalized spacial score (nSPS) is 10.1. The number of halogens is 2. The van der Waals surface area contributed by atoms with Gasteiger partial charge in [-0.25, -0.2) is 8.78 Å². The van der Waals surface area contributed by atoms with E-state index in [0.29, 0.717) is 27.8 Å². The summed E-state index contributed by atoms with van der Waals surface area (Å²) >= 11 is 0. The van der Waals surface area contributed by atoms with Crippen LogP contribution in [0.3, 0.4) is 0 Å². The third kappa shape index (κ3) is 5.31. The highest BCUT2D eigenvalue weighted by Crippen LogP contribution is 2.24. The van der Waals surface area contributed by atoms with Crippen LogP contribution >= 0.6 is 0 Å². The third-order valence-corrected chi connectivity index (χ3v) is 4.74. The third-order valence-electron chi connectivity index (χ3n) is 4.74. The zero-order valence-corrected chi connectivity index (χ0v) is 16.3. The highest BCUT2D eigenvalue weighted by atomic mass is 19.1. The summed E-state index contributed by atoms with van der Waals surface area (Å²) < 4.78 is 28.8. The van der Waals surface area contributed by atoms with Crippen molar-refractivity contribution in [2.75, 3.05) is 0 Å². The molecule has 0 unspecified atom stereocenters. The maximum absolute atomic E-state index is 14.5. The van der Waals surface area contributed by atoms with Crippen LogP contribution in [0.1, 0.15) is 48.4 Å². The van der Waals surface area contributed by atoms with Gasteiger partial charge in [0, 0.05) is 11.1 Å². The fourth-order valence-electron chi connectivity index (χ4n) is 3.09. The first-order valence-electron chi connectivity index (χ1n) is 9.71. The van der Waals surface area contributed by atoms with Crippen LogP contribution in [0.5, 0.6) is 0 Å². The molecule has 1 nitrogen and oxygen atoms in total. The Morgan fingerprint density at radius 1 is 0.793 bits per heavy atom. The Hall–Kier alpha value is -3.43. The van der Waals surface area contributed by atoms with E-state index in [0.717, 1.165) is 31.2 Å². The first-order valence-corrected chi connectivity index (χ1v) is 9.71. The molecule has 0 aliphatic rings. The quantitative estimate of drug-likeness (QED) is 0.357. The van der Waals surface area contributed by atoms with Crippen LogP contribution in [0, 0.1) is 34.8 Å². The molecule has 0 aliphatic heterocycles. The lowest BCUT2D eigenvalue weighted by molar-refractivity contribution is 0.619. The van der Waals surface area contributed by atoms with Crippen LogP contribution < -0.4 is 0 Å². The number of hydrogen-bond donors (Lipinski definition) is 0. The van der Waals surface area contributed by atoms with Crippen LogP contribution in [0.2, 0.25) is 0 Å². The number of rotatable bonds is 5. The van der Waals surface area contributed by atoms with Gasteiger partial charge in [0.15, 0.2) is 0 Å². The van der Waals surface area contributed by atoms with Crippen molar-refractivity contribution in [3.8, 4) is 29.0 Å². The van der Waals surface area contributed by atoms with Crippen molar-refractivity contribution in [1.29, 1.82) is 5.26 Å². The maximum Gasteiger partial charge on any atom is 0.139 e. The minimum Gasteiger partial charge on any atom is -0.206 e. The molecule has 0 N–H and O–H groups in total. The molecule has 0 aliphatic carbocycles. The summed E-state index contributed by atoms with van der Waals surface area (Å²) in [7, 11) is 0. The van der Waals surface area contributed by atoms with Crippen molar-refractivity contribution in [2.45, 2.75) is 32.6 Å². The van der Waals surface area contributed by atoms with Crippen molar-refractivity contribution >= 4 is 0 Å². The SMILES string of the molecule is CCCCCc1ccc(C#Cc2ccc(-c3ccc(C#N)cc3)c(F)c2)c(F)c1. The molecule has 3 heteroatoms. The number of hydrogen-bond acceptors (Lipinski definition) is 1. The Bertz CT molecular complexity index is 1100. The van der Waals surface area contributed by atoms with Gasteiger partial charge in [0.2, 0.25) is 0 Å². The van der Waals surface area contributed by atoms with Crippen LogP contribution in [0.15, 0.2) is 60.7 Å². The number of unbranched alkanes of at least 4 members (excludes halogenated alkanes) is 2. The predicted octanol–water partition coefficient (Wildman–Crippen LogP) is 6.64. The second kappa shape index (κ2) is 9.67. The summed E-state index contributed by atoms with van der Waals surface area (Å²) in [6.45, 7) is 2.14. The molecule has 0 spiro atoms. The minimum atomic E-state index is -0.409. The molecular formula is C26H21F2N. The Morgan fingerprint density at radius 3 is 2.21 bits per heavy atom. The lowest BCUT2D eigenvalue weighted by Gasteiger charge is -2.04. The first-order chi connectivity index (χ1) is 14.1. The Balaban J connectivity index is 1.77. The highest BCUT2D eigenvalue weighted by molar-refractivity contribution is 5.66. The Morgan fingerprint density at radius 2 is 1.55 bits per heavy atom. The molecule has 3 rings (SSSR count). The second-order valence-corrected chi connectivity index (χ2v) is 6.91. The Kier molecular flexibility index (Phi) is 6.77. The van der Waals surface area contributed by atoms with E-state index in [2.05, 4.69) is 18.8 Å². The van der Waals surface area contributed by atoms with E-state index in [1.807, 2.05) is 12.1 Å². The van der Waals surface area contributed by atoms with E-state index in [9.17, 15) is 8.78 Å². The lowest BCUT2D eigenvalue weighted by atomic mass is 10.0. The van der Waals surface area contributed by atoms with Crippen molar-refractivity contribution < 1.29 is 8.78 Å². The molecule has 144 valence electrons. The molecule has 0 aromatic heterocycles. The van der Waals surface area contributed by atoms with Crippen LogP contribution in [-0.2, 0) is 6.42 Å². The summed E-state index contributed by atoms with van der Waals surface area (Å²) in [5.41, 5.74) is 3.40. The smallest absolute Gasteiger partial charge is 0.139 e. The molecule has 0 saturated heterocycles. The van der Waals surface area contributed by atoms with Gasteiger partial charge in [0.25, 0.3) is 0 Å². The highest BCUT2D eigenvalue weighted by Gasteiger charge is 2.06. The van der Waals surface area contributed by atoms with Crippen molar-refractivity contribution in [1.82, 2.24) is 0 Å². The fourth-order valence-corrected chi connectivity index (χ4v) is 3.09. The van der Waals surface area contributed by atoms with Gasteiger partial charge in [-0.1, -0.05) is 55.9 Å². The molecule has 0 heterocycles. The lowest BCUT2D eigenvalue weighted by Crippen LogP contribution is -1.91. The van der Waals surface area contributed by atoms with E-state index in [1.165, 1.54) is 12.1 Å². The molecule has 3 aromatic carbocycles. The second-order valence-electron chi connectivity index (χ2n) is 6.91. The molecule has 0 radical (unpaired) electrons. The van der Waals surface area contributed by atoms with E-state index in [4.69, 9.17) is 5.26 Å². The minimum absolute atomic E-state index is 0.306. The van der Waals surface area contributed by atoms with E-state index < -0.39 is 5.82 Å². The Labute approximate surface area is 170 Å². The molecular weight excluding hydrogens is 364 g/mol.